The summed E-state index contributed by atoms with van der Waals surface area (Å²) in [5, 5.41) is 3.58. The van der Waals surface area contributed by atoms with Gasteiger partial charge in [-0.05, 0) is 49.4 Å². The summed E-state index contributed by atoms with van der Waals surface area (Å²) >= 11 is 0. The van der Waals surface area contributed by atoms with Crippen LogP contribution in [0.5, 0.6) is 0 Å². The average Bonchev–Trinajstić information content (AvgIpc) is 2.80. The first-order valence-electron chi connectivity index (χ1n) is 7.48. The Kier molecular flexibility index (Phi) is 5.00. The zero-order valence-electron chi connectivity index (χ0n) is 12.7. The summed E-state index contributed by atoms with van der Waals surface area (Å²) < 4.78 is 6.00. The maximum absolute atomic E-state index is 6.00. The smallest absolute Gasteiger partial charge is 0.0868 e. The Morgan fingerprint density at radius 2 is 2.11 bits per heavy atom. The van der Waals surface area contributed by atoms with Gasteiger partial charge in [0.2, 0.25) is 0 Å². The van der Waals surface area contributed by atoms with Crippen molar-refractivity contribution in [3.63, 3.8) is 0 Å². The molecule has 19 heavy (non-hydrogen) atoms. The van der Waals surface area contributed by atoms with Crippen LogP contribution in [-0.4, -0.2) is 19.7 Å². The highest BCUT2D eigenvalue weighted by Gasteiger charge is 2.30. The van der Waals surface area contributed by atoms with E-state index in [0.717, 1.165) is 19.7 Å². The third kappa shape index (κ3) is 3.58. The quantitative estimate of drug-likeness (QED) is 0.874. The van der Waals surface area contributed by atoms with Gasteiger partial charge in [0.05, 0.1) is 6.10 Å². The minimum absolute atomic E-state index is 0.277. The second-order valence-corrected chi connectivity index (χ2v) is 6.18. The molecule has 0 amide bonds. The Morgan fingerprint density at radius 1 is 1.32 bits per heavy atom. The van der Waals surface area contributed by atoms with E-state index in [0.29, 0.717) is 11.8 Å². The molecule has 2 heteroatoms. The van der Waals surface area contributed by atoms with Crippen LogP contribution in [0.1, 0.15) is 43.1 Å². The first-order chi connectivity index (χ1) is 9.09. The topological polar surface area (TPSA) is 21.3 Å². The molecule has 106 valence electrons. The van der Waals surface area contributed by atoms with Gasteiger partial charge in [-0.2, -0.15) is 0 Å². The fourth-order valence-electron chi connectivity index (χ4n) is 2.83. The summed E-state index contributed by atoms with van der Waals surface area (Å²) in [4.78, 5) is 0. The molecule has 0 radical (unpaired) electrons. The van der Waals surface area contributed by atoms with E-state index in [1.54, 1.807) is 0 Å². The van der Waals surface area contributed by atoms with Gasteiger partial charge >= 0.3 is 0 Å². The van der Waals surface area contributed by atoms with Gasteiger partial charge in [0.1, 0.15) is 0 Å². The third-order valence-electron chi connectivity index (χ3n) is 4.13. The number of aryl methyl sites for hydroxylation is 1. The van der Waals surface area contributed by atoms with E-state index in [-0.39, 0.29) is 6.10 Å². The fourth-order valence-corrected chi connectivity index (χ4v) is 2.83. The van der Waals surface area contributed by atoms with Crippen LogP contribution in [0.15, 0.2) is 18.2 Å². The van der Waals surface area contributed by atoms with Crippen molar-refractivity contribution in [1.29, 1.82) is 0 Å². The molecule has 0 aromatic heterocycles. The number of rotatable bonds is 5. The lowest BCUT2D eigenvalue weighted by Crippen LogP contribution is -2.28. The molecule has 1 aromatic rings. The van der Waals surface area contributed by atoms with Gasteiger partial charge in [-0.25, -0.2) is 0 Å². The highest BCUT2D eigenvalue weighted by Crippen LogP contribution is 2.36. The van der Waals surface area contributed by atoms with E-state index < -0.39 is 0 Å². The van der Waals surface area contributed by atoms with Crippen LogP contribution in [0.2, 0.25) is 0 Å². The molecule has 1 fully saturated rings. The van der Waals surface area contributed by atoms with E-state index in [4.69, 9.17) is 4.74 Å². The van der Waals surface area contributed by atoms with E-state index >= 15 is 0 Å². The average molecular weight is 261 g/mol. The maximum Gasteiger partial charge on any atom is 0.0868 e. The second kappa shape index (κ2) is 6.53. The van der Waals surface area contributed by atoms with E-state index in [1.807, 2.05) is 0 Å². The minimum atomic E-state index is 0.277. The lowest BCUT2D eigenvalue weighted by atomic mass is 9.90. The lowest BCUT2D eigenvalue weighted by Gasteiger charge is -2.22. The molecule has 1 heterocycles. The standard InChI is InChI=1S/C17H27NO/c1-12(2)10-18-11-15-8-9-19-17(15)16-7-5-6-13(3)14(16)4/h5-7,12,15,17-18H,8-11H2,1-4H3. The molecule has 2 nitrogen and oxygen atoms in total. The molecule has 0 spiro atoms. The van der Waals surface area contributed by atoms with Crippen LogP contribution in [0.3, 0.4) is 0 Å². The first-order valence-corrected chi connectivity index (χ1v) is 7.48. The number of benzene rings is 1. The third-order valence-corrected chi connectivity index (χ3v) is 4.13. The van der Waals surface area contributed by atoms with Crippen molar-refractivity contribution in [3.8, 4) is 0 Å². The molecule has 2 unspecified atom stereocenters. The molecule has 0 saturated carbocycles. The molecular weight excluding hydrogens is 234 g/mol. The van der Waals surface area contributed by atoms with Gasteiger partial charge in [-0.3, -0.25) is 0 Å². The van der Waals surface area contributed by atoms with Crippen LogP contribution in [0.25, 0.3) is 0 Å². The maximum atomic E-state index is 6.00. The summed E-state index contributed by atoms with van der Waals surface area (Å²) in [5.41, 5.74) is 4.14. The monoisotopic (exact) mass is 261 g/mol. The minimum Gasteiger partial charge on any atom is -0.373 e. The molecule has 2 rings (SSSR count). The molecule has 1 aliphatic rings. The van der Waals surface area contributed by atoms with Gasteiger partial charge in [0.25, 0.3) is 0 Å². The number of nitrogens with one attached hydrogen (secondary N) is 1. The lowest BCUT2D eigenvalue weighted by molar-refractivity contribution is 0.0898. The van der Waals surface area contributed by atoms with Crippen LogP contribution >= 0.6 is 0 Å². The number of hydrogen-bond acceptors (Lipinski definition) is 2. The van der Waals surface area contributed by atoms with Crippen molar-refractivity contribution < 1.29 is 4.74 Å². The zero-order valence-corrected chi connectivity index (χ0v) is 12.7. The van der Waals surface area contributed by atoms with Crippen molar-refractivity contribution in [1.82, 2.24) is 5.32 Å². The highest BCUT2D eigenvalue weighted by molar-refractivity contribution is 5.35. The molecule has 1 N–H and O–H groups in total. The number of ether oxygens (including phenoxy) is 1. The molecule has 0 aliphatic carbocycles. The number of hydrogen-bond donors (Lipinski definition) is 1. The predicted octanol–water partition coefficient (Wildman–Crippen LogP) is 3.63. The van der Waals surface area contributed by atoms with Crippen LogP contribution in [0, 0.1) is 25.7 Å². The Balaban J connectivity index is 2.04. The van der Waals surface area contributed by atoms with Crippen molar-refractivity contribution in [2.45, 2.75) is 40.2 Å². The Hall–Kier alpha value is -0.860. The molecule has 1 saturated heterocycles. The van der Waals surface area contributed by atoms with Crippen molar-refractivity contribution in [2.75, 3.05) is 19.7 Å². The summed E-state index contributed by atoms with van der Waals surface area (Å²) in [7, 11) is 0. The van der Waals surface area contributed by atoms with E-state index in [1.165, 1.54) is 23.1 Å². The van der Waals surface area contributed by atoms with Crippen molar-refractivity contribution >= 4 is 0 Å². The largest absolute Gasteiger partial charge is 0.373 e. The normalized spacial score (nSPS) is 23.2. The predicted molar refractivity (Wildman–Crippen MR) is 80.4 cm³/mol. The second-order valence-electron chi connectivity index (χ2n) is 6.18. The molecular formula is C17H27NO. The van der Waals surface area contributed by atoms with Crippen LogP contribution in [0.4, 0.5) is 0 Å². The summed E-state index contributed by atoms with van der Waals surface area (Å²) in [6.45, 7) is 11.9. The molecule has 1 aromatic carbocycles. The Labute approximate surface area is 117 Å². The molecule has 2 atom stereocenters. The van der Waals surface area contributed by atoms with E-state index in [9.17, 15) is 0 Å². The van der Waals surface area contributed by atoms with Gasteiger partial charge < -0.3 is 10.1 Å². The molecule has 0 bridgehead atoms. The zero-order chi connectivity index (χ0) is 13.8. The summed E-state index contributed by atoms with van der Waals surface area (Å²) in [5.74, 6) is 1.32. The van der Waals surface area contributed by atoms with Crippen LogP contribution < -0.4 is 5.32 Å². The summed E-state index contributed by atoms with van der Waals surface area (Å²) in [6, 6.07) is 6.56. The summed E-state index contributed by atoms with van der Waals surface area (Å²) in [6.07, 6.45) is 1.45. The highest BCUT2D eigenvalue weighted by atomic mass is 16.5. The van der Waals surface area contributed by atoms with Crippen molar-refractivity contribution in [3.05, 3.63) is 34.9 Å². The van der Waals surface area contributed by atoms with Gasteiger partial charge in [-0.1, -0.05) is 32.0 Å². The SMILES string of the molecule is Cc1cccc(C2OCCC2CNCC(C)C)c1C. The van der Waals surface area contributed by atoms with Gasteiger partial charge in [0.15, 0.2) is 0 Å². The fraction of sp³-hybridized carbons (Fsp3) is 0.647. The van der Waals surface area contributed by atoms with Crippen LogP contribution in [-0.2, 0) is 4.74 Å². The molecule has 1 aliphatic heterocycles. The Morgan fingerprint density at radius 3 is 2.84 bits per heavy atom. The Bertz CT molecular complexity index is 414. The van der Waals surface area contributed by atoms with Gasteiger partial charge in [-0.15, -0.1) is 0 Å². The van der Waals surface area contributed by atoms with E-state index in [2.05, 4.69) is 51.2 Å². The van der Waals surface area contributed by atoms with Gasteiger partial charge in [0, 0.05) is 19.1 Å². The first kappa shape index (κ1) is 14.5. The van der Waals surface area contributed by atoms with Crippen molar-refractivity contribution in [2.24, 2.45) is 11.8 Å².